The average Bonchev–Trinajstić information content (AvgIpc) is 2.82. The number of fused-ring (bicyclic) bond motifs is 1. The van der Waals surface area contributed by atoms with Crippen LogP contribution >= 0.6 is 0 Å². The summed E-state index contributed by atoms with van der Waals surface area (Å²) in [6.45, 7) is 2.28. The number of aliphatic hydroxyl groups is 1. The zero-order valence-corrected chi connectivity index (χ0v) is 17.4. The van der Waals surface area contributed by atoms with E-state index in [-0.39, 0.29) is 18.1 Å². The Balaban J connectivity index is 1.29. The number of pyridine rings is 1. The van der Waals surface area contributed by atoms with Crippen molar-refractivity contribution < 1.29 is 19.4 Å². The van der Waals surface area contributed by atoms with E-state index in [1.54, 1.807) is 29.2 Å². The fourth-order valence-corrected chi connectivity index (χ4v) is 3.77. The van der Waals surface area contributed by atoms with Gasteiger partial charge in [-0.15, -0.1) is 0 Å². The third-order valence-corrected chi connectivity index (χ3v) is 5.59. The number of benzene rings is 2. The van der Waals surface area contributed by atoms with Crippen molar-refractivity contribution in [2.75, 3.05) is 26.3 Å². The molecule has 31 heavy (non-hydrogen) atoms. The van der Waals surface area contributed by atoms with Crippen molar-refractivity contribution in [3.8, 4) is 0 Å². The third kappa shape index (κ3) is 5.34. The van der Waals surface area contributed by atoms with E-state index in [1.807, 2.05) is 36.5 Å². The molecule has 4 rings (SSSR count). The molecule has 2 aromatic carbocycles. The van der Waals surface area contributed by atoms with Crippen LogP contribution in [-0.4, -0.2) is 59.1 Å². The van der Waals surface area contributed by atoms with Crippen LogP contribution in [-0.2, 0) is 11.2 Å². The number of nitrogens with zero attached hydrogens (tertiary/aromatic N) is 2. The fourth-order valence-electron chi connectivity index (χ4n) is 3.77. The van der Waals surface area contributed by atoms with E-state index in [4.69, 9.17) is 4.74 Å². The summed E-state index contributed by atoms with van der Waals surface area (Å²) in [5.41, 5.74) is 1.93. The van der Waals surface area contributed by atoms with Gasteiger partial charge >= 0.3 is 0 Å². The second-order valence-electron chi connectivity index (χ2n) is 7.82. The number of hydrogen-bond donors (Lipinski definition) is 1. The Morgan fingerprint density at radius 2 is 1.68 bits per heavy atom. The Bertz CT molecular complexity index is 1060. The quantitative estimate of drug-likeness (QED) is 0.596. The highest BCUT2D eigenvalue weighted by Crippen LogP contribution is 2.16. The van der Waals surface area contributed by atoms with Gasteiger partial charge in [0, 0.05) is 54.3 Å². The van der Waals surface area contributed by atoms with Gasteiger partial charge in [0.25, 0.3) is 5.91 Å². The summed E-state index contributed by atoms with van der Waals surface area (Å²) in [6, 6.07) is 16.7. The van der Waals surface area contributed by atoms with Gasteiger partial charge in [0.2, 0.25) is 0 Å². The maximum Gasteiger partial charge on any atom is 0.254 e. The van der Waals surface area contributed by atoms with Gasteiger partial charge in [-0.1, -0.05) is 36.4 Å². The van der Waals surface area contributed by atoms with E-state index >= 15 is 0 Å². The van der Waals surface area contributed by atoms with Crippen LogP contribution in [0.3, 0.4) is 0 Å². The number of Topliss-reactive ketones (excluding diaryl/α,β-unsaturated/α-hetero) is 1. The number of morpholine rings is 1. The number of carbonyl (C=O) groups excluding carboxylic acids is 2. The van der Waals surface area contributed by atoms with E-state index in [2.05, 4.69) is 4.98 Å². The minimum Gasteiger partial charge on any atom is -0.393 e. The standard InChI is InChI=1S/C25H26N2O4/c28-23(16-22-15-20-3-1-2-4-21(20)17-26-22)9-10-24(29)18-5-7-19(8-6-18)25(30)27-11-13-31-14-12-27/h1-8,15,17,23,28H,9-14,16H2. The number of aliphatic hydroxyl groups excluding tert-OH is 1. The van der Waals surface area contributed by atoms with E-state index in [0.29, 0.717) is 50.3 Å². The van der Waals surface area contributed by atoms with Crippen molar-refractivity contribution in [2.45, 2.75) is 25.4 Å². The molecule has 6 heteroatoms. The van der Waals surface area contributed by atoms with Crippen molar-refractivity contribution in [2.24, 2.45) is 0 Å². The van der Waals surface area contributed by atoms with Gasteiger partial charge in [-0.05, 0) is 30.0 Å². The molecule has 160 valence electrons. The Morgan fingerprint density at radius 3 is 2.42 bits per heavy atom. The van der Waals surface area contributed by atoms with Gasteiger partial charge in [0.05, 0.1) is 19.3 Å². The first-order valence-corrected chi connectivity index (χ1v) is 10.6. The summed E-state index contributed by atoms with van der Waals surface area (Å²) in [4.78, 5) is 31.2. The number of aromatic nitrogens is 1. The molecule has 1 aliphatic rings. The van der Waals surface area contributed by atoms with Gasteiger partial charge in [-0.25, -0.2) is 0 Å². The minimum atomic E-state index is -0.639. The molecule has 0 saturated carbocycles. The number of carbonyl (C=O) groups is 2. The SMILES string of the molecule is O=C(CCC(O)Cc1cc2ccccc2cn1)c1ccc(C(=O)N2CCOCC2)cc1. The van der Waals surface area contributed by atoms with Crippen LogP contribution in [0.1, 0.15) is 39.3 Å². The number of ether oxygens (including phenoxy) is 1. The second kappa shape index (κ2) is 9.81. The lowest BCUT2D eigenvalue weighted by Gasteiger charge is -2.26. The fraction of sp³-hybridized carbons (Fsp3) is 0.320. The van der Waals surface area contributed by atoms with Crippen molar-refractivity contribution in [1.29, 1.82) is 0 Å². The summed E-state index contributed by atoms with van der Waals surface area (Å²) in [5, 5.41) is 12.5. The van der Waals surface area contributed by atoms with Crippen LogP contribution in [0.25, 0.3) is 10.8 Å². The van der Waals surface area contributed by atoms with Crippen LogP contribution in [0.2, 0.25) is 0 Å². The van der Waals surface area contributed by atoms with Crippen LogP contribution in [0.5, 0.6) is 0 Å². The number of rotatable bonds is 7. The molecule has 2 heterocycles. The molecule has 1 unspecified atom stereocenters. The monoisotopic (exact) mass is 418 g/mol. The molecule has 0 aliphatic carbocycles. The van der Waals surface area contributed by atoms with E-state index in [1.165, 1.54) is 0 Å². The zero-order valence-electron chi connectivity index (χ0n) is 17.4. The number of hydrogen-bond acceptors (Lipinski definition) is 5. The van der Waals surface area contributed by atoms with Gasteiger partial charge in [-0.2, -0.15) is 0 Å². The molecule has 0 spiro atoms. The molecule has 1 aliphatic heterocycles. The normalized spacial score (nSPS) is 15.1. The molecular weight excluding hydrogens is 392 g/mol. The highest BCUT2D eigenvalue weighted by molar-refractivity contribution is 5.98. The molecule has 0 radical (unpaired) electrons. The number of amides is 1. The van der Waals surface area contributed by atoms with E-state index in [0.717, 1.165) is 16.5 Å². The topological polar surface area (TPSA) is 79.7 Å². The zero-order chi connectivity index (χ0) is 21.6. The summed E-state index contributed by atoms with van der Waals surface area (Å²) < 4.78 is 5.28. The van der Waals surface area contributed by atoms with Crippen LogP contribution < -0.4 is 0 Å². The van der Waals surface area contributed by atoms with Crippen LogP contribution in [0, 0.1) is 0 Å². The maximum atomic E-state index is 12.5. The molecule has 1 amide bonds. The minimum absolute atomic E-state index is 0.0411. The van der Waals surface area contributed by atoms with Gasteiger partial charge in [0.15, 0.2) is 5.78 Å². The summed E-state index contributed by atoms with van der Waals surface area (Å²) in [5.74, 6) is -0.0866. The lowest BCUT2D eigenvalue weighted by atomic mass is 10.0. The Kier molecular flexibility index (Phi) is 6.70. The van der Waals surface area contributed by atoms with Gasteiger partial charge in [-0.3, -0.25) is 14.6 Å². The highest BCUT2D eigenvalue weighted by atomic mass is 16.5. The Labute approximate surface area is 181 Å². The largest absolute Gasteiger partial charge is 0.393 e. The first-order chi connectivity index (χ1) is 15.1. The van der Waals surface area contributed by atoms with Crippen molar-refractivity contribution in [3.63, 3.8) is 0 Å². The van der Waals surface area contributed by atoms with Gasteiger partial charge in [0.1, 0.15) is 0 Å². The van der Waals surface area contributed by atoms with Crippen molar-refractivity contribution in [3.05, 3.63) is 77.6 Å². The van der Waals surface area contributed by atoms with Crippen LogP contribution in [0.4, 0.5) is 0 Å². The second-order valence-corrected chi connectivity index (χ2v) is 7.82. The molecule has 1 saturated heterocycles. The van der Waals surface area contributed by atoms with Crippen molar-refractivity contribution in [1.82, 2.24) is 9.88 Å². The molecule has 1 atom stereocenters. The summed E-state index contributed by atoms with van der Waals surface area (Å²) >= 11 is 0. The first-order valence-electron chi connectivity index (χ1n) is 10.6. The average molecular weight is 418 g/mol. The van der Waals surface area contributed by atoms with Crippen molar-refractivity contribution >= 4 is 22.5 Å². The Morgan fingerprint density at radius 1 is 1.00 bits per heavy atom. The molecule has 1 N–H and O–H groups in total. The molecule has 6 nitrogen and oxygen atoms in total. The lowest BCUT2D eigenvalue weighted by molar-refractivity contribution is 0.0303. The molecule has 1 aromatic heterocycles. The molecule has 3 aromatic rings. The summed E-state index contributed by atoms with van der Waals surface area (Å²) in [7, 11) is 0. The first kappa shape index (κ1) is 21.2. The van der Waals surface area contributed by atoms with E-state index < -0.39 is 6.10 Å². The smallest absolute Gasteiger partial charge is 0.254 e. The molecular formula is C25H26N2O4. The predicted octanol–water partition coefficient (Wildman–Crippen LogP) is 3.27. The lowest BCUT2D eigenvalue weighted by Crippen LogP contribution is -2.40. The molecule has 0 bridgehead atoms. The van der Waals surface area contributed by atoms with E-state index in [9.17, 15) is 14.7 Å². The highest BCUT2D eigenvalue weighted by Gasteiger charge is 2.19. The predicted molar refractivity (Wildman–Crippen MR) is 118 cm³/mol. The Hall–Kier alpha value is -3.09. The third-order valence-electron chi connectivity index (χ3n) is 5.59. The molecule has 1 fully saturated rings. The number of ketones is 1. The summed E-state index contributed by atoms with van der Waals surface area (Å²) in [6.07, 6.45) is 2.18. The van der Waals surface area contributed by atoms with Gasteiger partial charge < -0.3 is 14.7 Å². The maximum absolute atomic E-state index is 12.5. The van der Waals surface area contributed by atoms with Crippen LogP contribution in [0.15, 0.2) is 60.8 Å².